The zero-order valence-corrected chi connectivity index (χ0v) is 8.15. The van der Waals surface area contributed by atoms with Crippen molar-refractivity contribution in [3.05, 3.63) is 48.2 Å². The second-order valence-corrected chi connectivity index (χ2v) is 3.07. The SMILES string of the molecule is Nc1cccnc1Oc1cc(F)ccc1F. The minimum Gasteiger partial charge on any atom is -0.434 e. The first kappa shape index (κ1) is 10.4. The molecule has 0 spiro atoms. The predicted molar refractivity (Wildman–Crippen MR) is 55.1 cm³/mol. The van der Waals surface area contributed by atoms with Gasteiger partial charge in [0, 0.05) is 12.3 Å². The molecule has 1 heterocycles. The van der Waals surface area contributed by atoms with Crippen molar-refractivity contribution in [1.82, 2.24) is 4.98 Å². The zero-order valence-electron chi connectivity index (χ0n) is 8.15. The van der Waals surface area contributed by atoms with E-state index in [-0.39, 0.29) is 17.3 Å². The van der Waals surface area contributed by atoms with Crippen LogP contribution in [-0.4, -0.2) is 4.98 Å². The number of aromatic nitrogens is 1. The lowest BCUT2D eigenvalue weighted by molar-refractivity contribution is 0.424. The fourth-order valence-electron chi connectivity index (χ4n) is 1.15. The van der Waals surface area contributed by atoms with Crippen LogP contribution in [0.15, 0.2) is 36.5 Å². The zero-order chi connectivity index (χ0) is 11.5. The number of hydrogen-bond acceptors (Lipinski definition) is 3. The first-order valence-corrected chi connectivity index (χ1v) is 4.50. The van der Waals surface area contributed by atoms with Crippen LogP contribution in [-0.2, 0) is 0 Å². The van der Waals surface area contributed by atoms with Crippen molar-refractivity contribution < 1.29 is 13.5 Å². The number of benzene rings is 1. The van der Waals surface area contributed by atoms with Gasteiger partial charge < -0.3 is 10.5 Å². The van der Waals surface area contributed by atoms with Gasteiger partial charge in [0.2, 0.25) is 5.88 Å². The molecule has 0 bridgehead atoms. The fraction of sp³-hybridized carbons (Fsp3) is 0. The molecule has 82 valence electrons. The first-order valence-electron chi connectivity index (χ1n) is 4.50. The van der Waals surface area contributed by atoms with E-state index in [1.165, 1.54) is 6.20 Å². The minimum absolute atomic E-state index is 0.0481. The molecule has 16 heavy (non-hydrogen) atoms. The minimum atomic E-state index is -0.675. The summed E-state index contributed by atoms with van der Waals surface area (Å²) in [6.07, 6.45) is 1.45. The van der Waals surface area contributed by atoms with E-state index in [0.29, 0.717) is 0 Å². The summed E-state index contributed by atoms with van der Waals surface area (Å²) in [5.41, 5.74) is 5.81. The second-order valence-electron chi connectivity index (χ2n) is 3.07. The lowest BCUT2D eigenvalue weighted by atomic mass is 10.3. The van der Waals surface area contributed by atoms with E-state index in [0.717, 1.165) is 18.2 Å². The lowest BCUT2D eigenvalue weighted by Crippen LogP contribution is -1.96. The highest BCUT2D eigenvalue weighted by Gasteiger charge is 2.08. The van der Waals surface area contributed by atoms with Crippen molar-refractivity contribution in [1.29, 1.82) is 0 Å². The maximum Gasteiger partial charge on any atom is 0.242 e. The molecule has 0 radical (unpaired) electrons. The van der Waals surface area contributed by atoms with Gasteiger partial charge in [0.25, 0.3) is 0 Å². The van der Waals surface area contributed by atoms with Gasteiger partial charge in [-0.1, -0.05) is 0 Å². The Labute approximate surface area is 90.5 Å². The van der Waals surface area contributed by atoms with Gasteiger partial charge in [-0.25, -0.2) is 13.8 Å². The number of anilines is 1. The summed E-state index contributed by atoms with van der Waals surface area (Å²) in [5.74, 6) is -1.46. The van der Waals surface area contributed by atoms with E-state index in [9.17, 15) is 8.78 Å². The molecule has 0 aliphatic carbocycles. The van der Waals surface area contributed by atoms with E-state index in [1.54, 1.807) is 12.1 Å². The van der Waals surface area contributed by atoms with Crippen LogP contribution < -0.4 is 10.5 Å². The topological polar surface area (TPSA) is 48.1 Å². The highest BCUT2D eigenvalue weighted by Crippen LogP contribution is 2.27. The molecule has 0 amide bonds. The molecule has 1 aromatic heterocycles. The Balaban J connectivity index is 2.34. The number of hydrogen-bond donors (Lipinski definition) is 1. The number of ether oxygens (including phenoxy) is 1. The van der Waals surface area contributed by atoms with Crippen molar-refractivity contribution in [3.63, 3.8) is 0 Å². The number of nitrogens with two attached hydrogens (primary N) is 1. The standard InChI is InChI=1S/C11H8F2N2O/c12-7-3-4-8(13)10(6-7)16-11-9(14)2-1-5-15-11/h1-6H,14H2. The molecule has 2 aromatic rings. The average molecular weight is 222 g/mol. The lowest BCUT2D eigenvalue weighted by Gasteiger charge is -2.07. The van der Waals surface area contributed by atoms with Gasteiger partial charge in [0.15, 0.2) is 11.6 Å². The molecular formula is C11H8F2N2O. The van der Waals surface area contributed by atoms with Crippen LogP contribution in [0.1, 0.15) is 0 Å². The van der Waals surface area contributed by atoms with Crippen molar-refractivity contribution in [2.24, 2.45) is 0 Å². The van der Waals surface area contributed by atoms with Crippen LogP contribution >= 0.6 is 0 Å². The van der Waals surface area contributed by atoms with Crippen LogP contribution in [0.2, 0.25) is 0 Å². The van der Waals surface area contributed by atoms with Crippen LogP contribution in [0.3, 0.4) is 0 Å². The number of halogens is 2. The third-order valence-corrected chi connectivity index (χ3v) is 1.90. The maximum atomic E-state index is 13.2. The monoisotopic (exact) mass is 222 g/mol. The van der Waals surface area contributed by atoms with Crippen molar-refractivity contribution in [2.75, 3.05) is 5.73 Å². The highest BCUT2D eigenvalue weighted by molar-refractivity contribution is 5.48. The van der Waals surface area contributed by atoms with E-state index in [4.69, 9.17) is 10.5 Å². The van der Waals surface area contributed by atoms with Gasteiger partial charge in [-0.2, -0.15) is 0 Å². The molecule has 3 nitrogen and oxygen atoms in total. The summed E-state index contributed by atoms with van der Waals surface area (Å²) < 4.78 is 31.1. The molecule has 0 atom stereocenters. The Hall–Kier alpha value is -2.17. The van der Waals surface area contributed by atoms with Gasteiger partial charge in [-0.05, 0) is 24.3 Å². The molecule has 0 fully saturated rings. The van der Waals surface area contributed by atoms with Crippen molar-refractivity contribution >= 4 is 5.69 Å². The first-order chi connectivity index (χ1) is 7.66. The molecule has 0 aliphatic heterocycles. The normalized spacial score (nSPS) is 10.1. The summed E-state index contributed by atoms with van der Waals surface area (Å²) in [4.78, 5) is 3.81. The quantitative estimate of drug-likeness (QED) is 0.849. The van der Waals surface area contributed by atoms with Gasteiger partial charge in [0.05, 0.1) is 5.69 Å². The maximum absolute atomic E-state index is 13.2. The fourth-order valence-corrected chi connectivity index (χ4v) is 1.15. The van der Waals surface area contributed by atoms with Gasteiger partial charge in [-0.15, -0.1) is 0 Å². The summed E-state index contributed by atoms with van der Waals surface area (Å²) in [7, 11) is 0. The molecular weight excluding hydrogens is 214 g/mol. The molecule has 0 aliphatic rings. The van der Waals surface area contributed by atoms with Crippen molar-refractivity contribution in [3.8, 4) is 11.6 Å². The summed E-state index contributed by atoms with van der Waals surface area (Å²) in [6.45, 7) is 0. The van der Waals surface area contributed by atoms with E-state index < -0.39 is 11.6 Å². The Morgan fingerprint density at radius 2 is 2.00 bits per heavy atom. The number of rotatable bonds is 2. The Kier molecular flexibility index (Phi) is 2.68. The van der Waals surface area contributed by atoms with Gasteiger partial charge in [0.1, 0.15) is 5.82 Å². The molecule has 2 N–H and O–H groups in total. The number of nitrogens with zero attached hydrogens (tertiary/aromatic N) is 1. The molecule has 0 unspecified atom stereocenters. The molecule has 0 saturated carbocycles. The molecule has 1 aromatic carbocycles. The molecule has 5 heteroatoms. The van der Waals surface area contributed by atoms with E-state index in [1.807, 2.05) is 0 Å². The summed E-state index contributed by atoms with van der Waals surface area (Å²) >= 11 is 0. The van der Waals surface area contributed by atoms with E-state index in [2.05, 4.69) is 4.98 Å². The van der Waals surface area contributed by atoms with Gasteiger partial charge >= 0.3 is 0 Å². The highest BCUT2D eigenvalue weighted by atomic mass is 19.1. The van der Waals surface area contributed by atoms with Crippen LogP contribution in [0.25, 0.3) is 0 Å². The smallest absolute Gasteiger partial charge is 0.242 e. The Bertz CT molecular complexity index is 517. The molecule has 0 saturated heterocycles. The second kappa shape index (κ2) is 4.14. The third kappa shape index (κ3) is 2.08. The average Bonchev–Trinajstić information content (AvgIpc) is 2.27. The largest absolute Gasteiger partial charge is 0.434 e. The number of nitrogen functional groups attached to an aromatic ring is 1. The van der Waals surface area contributed by atoms with Gasteiger partial charge in [-0.3, -0.25) is 0 Å². The van der Waals surface area contributed by atoms with E-state index >= 15 is 0 Å². The van der Waals surface area contributed by atoms with Crippen LogP contribution in [0.5, 0.6) is 11.6 Å². The van der Waals surface area contributed by atoms with Crippen LogP contribution in [0.4, 0.5) is 14.5 Å². The number of pyridine rings is 1. The Morgan fingerprint density at radius 3 is 2.75 bits per heavy atom. The predicted octanol–water partition coefficient (Wildman–Crippen LogP) is 2.73. The summed E-state index contributed by atoms with van der Waals surface area (Å²) in [5, 5.41) is 0. The molecule has 2 rings (SSSR count). The third-order valence-electron chi connectivity index (χ3n) is 1.90. The van der Waals surface area contributed by atoms with Crippen LogP contribution in [0, 0.1) is 11.6 Å². The summed E-state index contributed by atoms with van der Waals surface area (Å²) in [6, 6.07) is 6.08. The Morgan fingerprint density at radius 1 is 1.19 bits per heavy atom. The van der Waals surface area contributed by atoms with Crippen molar-refractivity contribution in [2.45, 2.75) is 0 Å².